The van der Waals surface area contributed by atoms with Crippen molar-refractivity contribution in [2.24, 2.45) is 17.3 Å². The monoisotopic (exact) mass is 232 g/mol. The first-order valence-electron chi connectivity index (χ1n) is 6.96. The Morgan fingerprint density at radius 1 is 1.24 bits per heavy atom. The smallest absolute Gasteiger partial charge is 0.240 e. The van der Waals surface area contributed by atoms with Gasteiger partial charge in [0.05, 0.1) is 6.07 Å². The third-order valence-electron chi connectivity index (χ3n) is 5.16. The van der Waals surface area contributed by atoms with Crippen LogP contribution in [0.1, 0.15) is 51.4 Å². The average molecular weight is 232 g/mol. The molecule has 3 nitrogen and oxygen atoms in total. The summed E-state index contributed by atoms with van der Waals surface area (Å²) in [6, 6.07) is 2.65. The zero-order valence-corrected chi connectivity index (χ0v) is 10.2. The number of rotatable bonds is 2. The van der Waals surface area contributed by atoms with Crippen molar-refractivity contribution in [2.45, 2.75) is 57.4 Å². The van der Waals surface area contributed by atoms with Gasteiger partial charge in [0.2, 0.25) is 5.91 Å². The van der Waals surface area contributed by atoms with Crippen LogP contribution >= 0.6 is 0 Å². The lowest BCUT2D eigenvalue weighted by Gasteiger charge is -2.27. The van der Waals surface area contributed by atoms with Gasteiger partial charge in [0, 0.05) is 6.04 Å². The van der Waals surface area contributed by atoms with E-state index in [0.717, 1.165) is 38.0 Å². The Bertz CT molecular complexity index is 365. The Balaban J connectivity index is 1.65. The molecule has 0 spiro atoms. The molecule has 3 rings (SSSR count). The molecule has 0 radical (unpaired) electrons. The van der Waals surface area contributed by atoms with Crippen LogP contribution in [0.4, 0.5) is 0 Å². The van der Waals surface area contributed by atoms with E-state index >= 15 is 0 Å². The highest BCUT2D eigenvalue weighted by Gasteiger charge is 2.45. The summed E-state index contributed by atoms with van der Waals surface area (Å²) >= 11 is 0. The number of nitrogens with one attached hydrogen (secondary N) is 1. The molecule has 0 heterocycles. The molecule has 0 aromatic heterocycles. The second kappa shape index (κ2) is 4.01. The molecule has 92 valence electrons. The highest BCUT2D eigenvalue weighted by atomic mass is 16.2. The van der Waals surface area contributed by atoms with Gasteiger partial charge in [-0.2, -0.15) is 5.26 Å². The van der Waals surface area contributed by atoms with Gasteiger partial charge in [-0.15, -0.1) is 0 Å². The van der Waals surface area contributed by atoms with E-state index in [9.17, 15) is 10.1 Å². The normalized spacial score (nSPS) is 37.9. The molecule has 0 aromatic rings. The summed E-state index contributed by atoms with van der Waals surface area (Å²) in [4.78, 5) is 12.3. The Labute approximate surface area is 103 Å². The van der Waals surface area contributed by atoms with E-state index in [2.05, 4.69) is 11.4 Å². The number of hydrogen-bond acceptors (Lipinski definition) is 2. The summed E-state index contributed by atoms with van der Waals surface area (Å²) in [5, 5.41) is 12.5. The van der Waals surface area contributed by atoms with E-state index in [-0.39, 0.29) is 5.91 Å². The zero-order chi connectivity index (χ0) is 11.9. The van der Waals surface area contributed by atoms with Gasteiger partial charge in [0.15, 0.2) is 0 Å². The number of nitriles is 1. The molecule has 3 saturated carbocycles. The fraction of sp³-hybridized carbons (Fsp3) is 0.857. The van der Waals surface area contributed by atoms with Crippen LogP contribution in [0.2, 0.25) is 0 Å². The van der Waals surface area contributed by atoms with Crippen LogP contribution in [-0.2, 0) is 4.79 Å². The summed E-state index contributed by atoms with van der Waals surface area (Å²) in [5.74, 6) is 1.56. The van der Waals surface area contributed by atoms with Gasteiger partial charge in [0.25, 0.3) is 0 Å². The third kappa shape index (κ3) is 1.74. The van der Waals surface area contributed by atoms with Gasteiger partial charge < -0.3 is 5.32 Å². The molecule has 17 heavy (non-hydrogen) atoms. The van der Waals surface area contributed by atoms with Crippen molar-refractivity contribution in [1.82, 2.24) is 5.32 Å². The fourth-order valence-electron chi connectivity index (χ4n) is 4.10. The molecule has 3 atom stereocenters. The molecule has 3 fully saturated rings. The van der Waals surface area contributed by atoms with Crippen LogP contribution in [0, 0.1) is 28.6 Å². The molecule has 0 aromatic carbocycles. The van der Waals surface area contributed by atoms with Gasteiger partial charge >= 0.3 is 0 Å². The van der Waals surface area contributed by atoms with Crippen LogP contribution in [0.25, 0.3) is 0 Å². The highest BCUT2D eigenvalue weighted by molar-refractivity contribution is 5.86. The predicted molar refractivity (Wildman–Crippen MR) is 63.9 cm³/mol. The number of hydrogen-bond donors (Lipinski definition) is 1. The van der Waals surface area contributed by atoms with E-state index < -0.39 is 5.41 Å². The molecule has 3 aliphatic carbocycles. The summed E-state index contributed by atoms with van der Waals surface area (Å²) in [5.41, 5.74) is -0.693. The van der Waals surface area contributed by atoms with Crippen molar-refractivity contribution < 1.29 is 4.79 Å². The maximum absolute atomic E-state index is 12.3. The quantitative estimate of drug-likeness (QED) is 0.794. The van der Waals surface area contributed by atoms with Gasteiger partial charge in [-0.1, -0.05) is 19.3 Å². The molecule has 3 unspecified atom stereocenters. The fourth-order valence-corrected chi connectivity index (χ4v) is 4.10. The second-order valence-corrected chi connectivity index (χ2v) is 6.16. The standard InChI is InChI=1S/C14H20N2O/c15-9-14(5-1-2-6-14)13(17)16-12-8-10-3-4-11(12)7-10/h10-12H,1-8H2,(H,16,17). The lowest BCUT2D eigenvalue weighted by Crippen LogP contribution is -2.45. The van der Waals surface area contributed by atoms with Crippen molar-refractivity contribution >= 4 is 5.91 Å². The molecular weight excluding hydrogens is 212 g/mol. The summed E-state index contributed by atoms with van der Waals surface area (Å²) in [7, 11) is 0. The summed E-state index contributed by atoms with van der Waals surface area (Å²) in [6.07, 6.45) is 8.64. The molecule has 3 aliphatic rings. The maximum atomic E-state index is 12.3. The maximum Gasteiger partial charge on any atom is 0.240 e. The second-order valence-electron chi connectivity index (χ2n) is 6.16. The molecule has 0 aliphatic heterocycles. The van der Waals surface area contributed by atoms with Crippen molar-refractivity contribution in [3.63, 3.8) is 0 Å². The van der Waals surface area contributed by atoms with Gasteiger partial charge in [0.1, 0.15) is 5.41 Å². The first-order valence-corrected chi connectivity index (χ1v) is 6.96. The van der Waals surface area contributed by atoms with Crippen molar-refractivity contribution in [3.05, 3.63) is 0 Å². The molecule has 0 saturated heterocycles. The van der Waals surface area contributed by atoms with Crippen molar-refractivity contribution in [3.8, 4) is 6.07 Å². The predicted octanol–water partition coefficient (Wildman–Crippen LogP) is 2.38. The number of nitrogens with zero attached hydrogens (tertiary/aromatic N) is 1. The van der Waals surface area contributed by atoms with Crippen molar-refractivity contribution in [1.29, 1.82) is 5.26 Å². The van der Waals surface area contributed by atoms with Gasteiger partial charge in [-0.05, 0) is 43.9 Å². The molecule has 2 bridgehead atoms. The van der Waals surface area contributed by atoms with E-state index in [4.69, 9.17) is 0 Å². The van der Waals surface area contributed by atoms with Crippen molar-refractivity contribution in [2.75, 3.05) is 0 Å². The Hall–Kier alpha value is -1.04. The minimum Gasteiger partial charge on any atom is -0.352 e. The van der Waals surface area contributed by atoms with E-state index in [1.54, 1.807) is 0 Å². The van der Waals surface area contributed by atoms with Crippen LogP contribution < -0.4 is 5.32 Å². The Morgan fingerprint density at radius 2 is 2.00 bits per heavy atom. The number of carbonyl (C=O) groups excluding carboxylic acids is 1. The number of amides is 1. The molecule has 1 amide bonds. The Morgan fingerprint density at radius 3 is 2.53 bits per heavy atom. The third-order valence-corrected chi connectivity index (χ3v) is 5.16. The SMILES string of the molecule is N#CC1(C(=O)NC2CC3CCC2C3)CCCC1. The number of fused-ring (bicyclic) bond motifs is 2. The average Bonchev–Trinajstić information content (AvgIpc) is 3.05. The van der Waals surface area contributed by atoms with Crippen LogP contribution in [0.3, 0.4) is 0 Å². The van der Waals surface area contributed by atoms with Crippen LogP contribution in [0.15, 0.2) is 0 Å². The van der Waals surface area contributed by atoms with Gasteiger partial charge in [-0.25, -0.2) is 0 Å². The summed E-state index contributed by atoms with van der Waals surface area (Å²) in [6.45, 7) is 0. The van der Waals surface area contributed by atoms with Gasteiger partial charge in [-0.3, -0.25) is 4.79 Å². The van der Waals surface area contributed by atoms with Crippen LogP contribution in [-0.4, -0.2) is 11.9 Å². The zero-order valence-electron chi connectivity index (χ0n) is 10.2. The first kappa shape index (κ1) is 11.1. The van der Waals surface area contributed by atoms with E-state index in [1.165, 1.54) is 19.3 Å². The molecule has 1 N–H and O–H groups in total. The highest BCUT2D eigenvalue weighted by Crippen LogP contribution is 2.45. The lowest BCUT2D eigenvalue weighted by molar-refractivity contribution is -0.129. The van der Waals surface area contributed by atoms with E-state index in [0.29, 0.717) is 12.0 Å². The summed E-state index contributed by atoms with van der Waals surface area (Å²) < 4.78 is 0. The Kier molecular flexibility index (Phi) is 2.61. The lowest BCUT2D eigenvalue weighted by atomic mass is 9.85. The molecule has 3 heteroatoms. The first-order chi connectivity index (χ1) is 8.23. The largest absolute Gasteiger partial charge is 0.352 e. The molecular formula is C14H20N2O. The minimum atomic E-state index is -0.693. The van der Waals surface area contributed by atoms with E-state index in [1.807, 2.05) is 0 Å². The number of carbonyl (C=O) groups is 1. The topological polar surface area (TPSA) is 52.9 Å². The minimum absolute atomic E-state index is 0.0232. The van der Waals surface area contributed by atoms with Crippen LogP contribution in [0.5, 0.6) is 0 Å².